The van der Waals surface area contributed by atoms with Gasteiger partial charge in [-0.1, -0.05) is 12.1 Å². The lowest BCUT2D eigenvalue weighted by Crippen LogP contribution is -1.99. The smallest absolute Gasteiger partial charge is 0.356 e. The summed E-state index contributed by atoms with van der Waals surface area (Å²) in [5.41, 5.74) is 1.60. The summed E-state index contributed by atoms with van der Waals surface area (Å²) in [6.45, 7) is 0. The summed E-state index contributed by atoms with van der Waals surface area (Å²) in [5, 5.41) is 14.9. The fraction of sp³-hybridized carbons (Fsp3) is 0.133. The number of aromatic carboxylic acids is 1. The van der Waals surface area contributed by atoms with Gasteiger partial charge in [0, 0.05) is 24.2 Å². The number of carboxylic acid groups (broad SMARTS) is 1. The topological polar surface area (TPSA) is 77.2 Å². The molecule has 0 radical (unpaired) electrons. The number of aryl methyl sites for hydroxylation is 1. The van der Waals surface area contributed by atoms with Gasteiger partial charge >= 0.3 is 5.97 Å². The van der Waals surface area contributed by atoms with Crippen LogP contribution in [0.2, 0.25) is 0 Å². The lowest BCUT2D eigenvalue weighted by Gasteiger charge is -2.07. The van der Waals surface area contributed by atoms with Crippen molar-refractivity contribution in [3.8, 4) is 17.1 Å². The quantitative estimate of drug-likeness (QED) is 0.798. The minimum absolute atomic E-state index is 0.0192. The van der Waals surface area contributed by atoms with Crippen LogP contribution < -0.4 is 4.74 Å². The van der Waals surface area contributed by atoms with Crippen LogP contribution in [-0.4, -0.2) is 33.0 Å². The van der Waals surface area contributed by atoms with E-state index in [4.69, 9.17) is 9.84 Å². The van der Waals surface area contributed by atoms with Gasteiger partial charge in [0.2, 0.25) is 5.88 Å². The van der Waals surface area contributed by atoms with E-state index in [2.05, 4.69) is 10.1 Å². The Labute approximate surface area is 120 Å². The first-order valence-corrected chi connectivity index (χ1v) is 6.30. The van der Waals surface area contributed by atoms with Crippen molar-refractivity contribution >= 4 is 16.7 Å². The molecule has 21 heavy (non-hydrogen) atoms. The normalized spacial score (nSPS) is 10.8. The molecule has 0 aliphatic carbocycles. The molecule has 0 bridgehead atoms. The van der Waals surface area contributed by atoms with Crippen LogP contribution in [-0.2, 0) is 7.05 Å². The van der Waals surface area contributed by atoms with Gasteiger partial charge < -0.3 is 9.84 Å². The molecule has 0 saturated carbocycles. The van der Waals surface area contributed by atoms with Crippen molar-refractivity contribution < 1.29 is 14.6 Å². The number of hydrogen-bond acceptors (Lipinski definition) is 4. The Kier molecular flexibility index (Phi) is 3.06. The number of ether oxygens (including phenoxy) is 1. The second-order valence-electron chi connectivity index (χ2n) is 4.60. The number of rotatable bonds is 3. The Bertz CT molecular complexity index is 839. The average molecular weight is 283 g/mol. The van der Waals surface area contributed by atoms with Gasteiger partial charge in [0.25, 0.3) is 0 Å². The summed E-state index contributed by atoms with van der Waals surface area (Å²) in [4.78, 5) is 15.2. The van der Waals surface area contributed by atoms with E-state index < -0.39 is 5.97 Å². The SMILES string of the molecule is COc1nccc2ccc(-c3cc(C(=O)O)nn3C)cc12. The minimum atomic E-state index is -1.04. The molecule has 1 aromatic carbocycles. The fourth-order valence-corrected chi connectivity index (χ4v) is 2.31. The number of methoxy groups -OCH3 is 1. The Morgan fingerprint density at radius 1 is 1.29 bits per heavy atom. The summed E-state index contributed by atoms with van der Waals surface area (Å²) in [7, 11) is 3.29. The largest absolute Gasteiger partial charge is 0.481 e. The molecular formula is C15H13N3O3. The average Bonchev–Trinajstić information content (AvgIpc) is 2.88. The molecule has 0 unspecified atom stereocenters. The molecule has 0 saturated heterocycles. The standard InChI is InChI=1S/C15H13N3O3/c1-18-13(8-12(17-18)15(19)20)10-4-3-9-5-6-16-14(21-2)11(9)7-10/h3-8H,1-2H3,(H,19,20). The molecule has 3 rings (SSSR count). The van der Waals surface area contributed by atoms with Gasteiger partial charge in [-0.05, 0) is 23.6 Å². The minimum Gasteiger partial charge on any atom is -0.481 e. The van der Waals surface area contributed by atoms with Crippen LogP contribution in [0.1, 0.15) is 10.5 Å². The van der Waals surface area contributed by atoms with E-state index >= 15 is 0 Å². The molecule has 3 aromatic rings. The molecule has 0 spiro atoms. The van der Waals surface area contributed by atoms with Crippen LogP contribution in [0.15, 0.2) is 36.5 Å². The third-order valence-corrected chi connectivity index (χ3v) is 3.32. The first-order chi connectivity index (χ1) is 10.1. The first kappa shape index (κ1) is 13.1. The van der Waals surface area contributed by atoms with Gasteiger partial charge in [-0.15, -0.1) is 0 Å². The lowest BCUT2D eigenvalue weighted by molar-refractivity contribution is 0.0689. The van der Waals surface area contributed by atoms with Gasteiger partial charge in [-0.25, -0.2) is 9.78 Å². The number of benzene rings is 1. The third kappa shape index (κ3) is 2.20. The molecule has 0 aliphatic heterocycles. The van der Waals surface area contributed by atoms with Crippen molar-refractivity contribution in [1.29, 1.82) is 0 Å². The molecule has 6 nitrogen and oxygen atoms in total. The Morgan fingerprint density at radius 2 is 2.10 bits per heavy atom. The molecule has 0 amide bonds. The van der Waals surface area contributed by atoms with Crippen molar-refractivity contribution in [2.45, 2.75) is 0 Å². The Balaban J connectivity index is 2.19. The lowest BCUT2D eigenvalue weighted by atomic mass is 10.1. The molecular weight excluding hydrogens is 270 g/mol. The molecule has 2 heterocycles. The second kappa shape index (κ2) is 4.90. The maximum atomic E-state index is 11.0. The molecule has 106 valence electrons. The molecule has 2 aromatic heterocycles. The monoisotopic (exact) mass is 283 g/mol. The fourth-order valence-electron chi connectivity index (χ4n) is 2.31. The number of carboxylic acids is 1. The van der Waals surface area contributed by atoms with E-state index in [1.54, 1.807) is 31.1 Å². The second-order valence-corrected chi connectivity index (χ2v) is 4.60. The van der Waals surface area contributed by atoms with Crippen LogP contribution in [0.25, 0.3) is 22.0 Å². The number of hydrogen-bond donors (Lipinski definition) is 1. The van der Waals surface area contributed by atoms with Gasteiger partial charge in [0.05, 0.1) is 12.8 Å². The van der Waals surface area contributed by atoms with Gasteiger partial charge in [-0.3, -0.25) is 4.68 Å². The molecule has 0 aliphatic rings. The van der Waals surface area contributed by atoms with Crippen molar-refractivity contribution in [3.63, 3.8) is 0 Å². The summed E-state index contributed by atoms with van der Waals surface area (Å²) >= 11 is 0. The number of aromatic nitrogens is 3. The highest BCUT2D eigenvalue weighted by Gasteiger charge is 2.13. The van der Waals surface area contributed by atoms with Gasteiger partial charge in [0.15, 0.2) is 5.69 Å². The predicted molar refractivity (Wildman–Crippen MR) is 77.5 cm³/mol. The van der Waals surface area contributed by atoms with Crippen molar-refractivity contribution in [2.75, 3.05) is 7.11 Å². The molecule has 1 N–H and O–H groups in total. The molecule has 0 fully saturated rings. The van der Waals surface area contributed by atoms with Crippen molar-refractivity contribution in [2.24, 2.45) is 7.05 Å². The summed E-state index contributed by atoms with van der Waals surface area (Å²) in [6.07, 6.45) is 1.69. The highest BCUT2D eigenvalue weighted by molar-refractivity contribution is 5.91. The van der Waals surface area contributed by atoms with E-state index in [9.17, 15) is 4.79 Å². The van der Waals surface area contributed by atoms with E-state index in [1.165, 1.54) is 0 Å². The van der Waals surface area contributed by atoms with Crippen molar-refractivity contribution in [3.05, 3.63) is 42.2 Å². The van der Waals surface area contributed by atoms with Crippen LogP contribution in [0.3, 0.4) is 0 Å². The van der Waals surface area contributed by atoms with Crippen LogP contribution >= 0.6 is 0 Å². The number of nitrogens with zero attached hydrogens (tertiary/aromatic N) is 3. The summed E-state index contributed by atoms with van der Waals surface area (Å²) < 4.78 is 6.81. The zero-order valence-corrected chi connectivity index (χ0v) is 11.6. The van der Waals surface area contributed by atoms with Crippen LogP contribution in [0, 0.1) is 0 Å². The van der Waals surface area contributed by atoms with E-state index in [-0.39, 0.29) is 5.69 Å². The van der Waals surface area contributed by atoms with Gasteiger partial charge in [0.1, 0.15) is 0 Å². The number of fused-ring (bicyclic) bond motifs is 1. The maximum absolute atomic E-state index is 11.0. The van der Waals surface area contributed by atoms with Crippen LogP contribution in [0.4, 0.5) is 0 Å². The third-order valence-electron chi connectivity index (χ3n) is 3.32. The predicted octanol–water partition coefficient (Wildman–Crippen LogP) is 2.34. The zero-order valence-electron chi connectivity index (χ0n) is 11.6. The van der Waals surface area contributed by atoms with E-state index in [0.29, 0.717) is 5.88 Å². The summed E-state index contributed by atoms with van der Waals surface area (Å²) in [6, 6.07) is 9.23. The number of pyridine rings is 1. The highest BCUT2D eigenvalue weighted by atomic mass is 16.5. The first-order valence-electron chi connectivity index (χ1n) is 6.30. The Hall–Kier alpha value is -2.89. The van der Waals surface area contributed by atoms with Crippen LogP contribution in [0.5, 0.6) is 5.88 Å². The highest BCUT2D eigenvalue weighted by Crippen LogP contribution is 2.29. The molecule has 6 heteroatoms. The Morgan fingerprint density at radius 3 is 2.76 bits per heavy atom. The zero-order chi connectivity index (χ0) is 15.0. The van der Waals surface area contributed by atoms with Crippen molar-refractivity contribution in [1.82, 2.24) is 14.8 Å². The number of carbonyl (C=O) groups is 1. The summed E-state index contributed by atoms with van der Waals surface area (Å²) in [5.74, 6) is -0.508. The van der Waals surface area contributed by atoms with E-state index in [1.807, 2.05) is 24.3 Å². The van der Waals surface area contributed by atoms with Gasteiger partial charge in [-0.2, -0.15) is 5.10 Å². The molecule has 0 atom stereocenters. The van der Waals surface area contributed by atoms with E-state index in [0.717, 1.165) is 22.0 Å². The maximum Gasteiger partial charge on any atom is 0.356 e.